The summed E-state index contributed by atoms with van der Waals surface area (Å²) in [4.78, 5) is 11.3. The molecule has 6 heteroatoms. The number of unbranched alkanes of at least 4 members (excludes halogenated alkanes) is 3. The highest BCUT2D eigenvalue weighted by molar-refractivity contribution is 5.69. The Morgan fingerprint density at radius 3 is 1.64 bits per heavy atom. The van der Waals surface area contributed by atoms with Gasteiger partial charge in [0.05, 0.1) is 45.7 Å². The summed E-state index contributed by atoms with van der Waals surface area (Å²) in [6.07, 6.45) is 5.93. The second-order valence-corrected chi connectivity index (χ2v) is 6.15. The Labute approximate surface area is 153 Å². The number of esters is 1. The average Bonchev–Trinajstić information content (AvgIpc) is 2.57. The molecule has 0 aliphatic carbocycles. The van der Waals surface area contributed by atoms with E-state index in [4.69, 9.17) is 23.7 Å². The molecule has 25 heavy (non-hydrogen) atoms. The minimum absolute atomic E-state index is 0.0543. The lowest BCUT2D eigenvalue weighted by molar-refractivity contribution is -0.147. The molecule has 0 aliphatic rings. The van der Waals surface area contributed by atoms with E-state index in [2.05, 4.69) is 6.92 Å². The number of carbonyl (C=O) groups excluding carboxylic acids is 1. The van der Waals surface area contributed by atoms with Crippen LogP contribution in [0.5, 0.6) is 0 Å². The highest BCUT2D eigenvalue weighted by atomic mass is 16.6. The van der Waals surface area contributed by atoms with Gasteiger partial charge in [-0.15, -0.1) is 0 Å². The van der Waals surface area contributed by atoms with Crippen molar-refractivity contribution in [3.8, 4) is 0 Å². The first-order valence-electron chi connectivity index (χ1n) is 9.67. The molecular formula is C19H38O6. The molecule has 0 aromatic heterocycles. The van der Waals surface area contributed by atoms with Crippen molar-refractivity contribution in [1.82, 2.24) is 0 Å². The predicted molar refractivity (Wildman–Crippen MR) is 97.9 cm³/mol. The molecular weight excluding hydrogens is 324 g/mol. The van der Waals surface area contributed by atoms with E-state index in [1.165, 1.54) is 19.3 Å². The molecule has 0 amide bonds. The van der Waals surface area contributed by atoms with Gasteiger partial charge in [0.1, 0.15) is 0 Å². The zero-order valence-electron chi connectivity index (χ0n) is 16.4. The van der Waals surface area contributed by atoms with Crippen LogP contribution in [0.2, 0.25) is 0 Å². The Morgan fingerprint density at radius 1 is 0.680 bits per heavy atom. The second-order valence-electron chi connectivity index (χ2n) is 6.15. The maximum atomic E-state index is 11.3. The van der Waals surface area contributed by atoms with E-state index in [-0.39, 0.29) is 12.1 Å². The van der Waals surface area contributed by atoms with Crippen molar-refractivity contribution in [2.24, 2.45) is 0 Å². The molecule has 6 nitrogen and oxygen atoms in total. The highest BCUT2D eigenvalue weighted by Crippen LogP contribution is 1.99. The van der Waals surface area contributed by atoms with Gasteiger partial charge in [-0.1, -0.05) is 26.2 Å². The third kappa shape index (κ3) is 21.3. The van der Waals surface area contributed by atoms with E-state index in [1.807, 2.05) is 13.8 Å². The maximum absolute atomic E-state index is 11.3. The molecule has 0 radical (unpaired) electrons. The molecule has 0 saturated heterocycles. The van der Waals surface area contributed by atoms with E-state index in [0.29, 0.717) is 59.1 Å². The summed E-state index contributed by atoms with van der Waals surface area (Å²) in [5.74, 6) is -0.170. The van der Waals surface area contributed by atoms with Gasteiger partial charge in [0.2, 0.25) is 0 Å². The zero-order chi connectivity index (χ0) is 18.6. The van der Waals surface area contributed by atoms with E-state index >= 15 is 0 Å². The minimum atomic E-state index is -0.170. The van der Waals surface area contributed by atoms with Crippen molar-refractivity contribution in [1.29, 1.82) is 0 Å². The van der Waals surface area contributed by atoms with Gasteiger partial charge >= 0.3 is 5.97 Å². The molecule has 0 spiro atoms. The van der Waals surface area contributed by atoms with Crippen LogP contribution in [0.25, 0.3) is 0 Å². The molecule has 150 valence electrons. The fraction of sp³-hybridized carbons (Fsp3) is 0.947. The third-order valence-electron chi connectivity index (χ3n) is 3.29. The van der Waals surface area contributed by atoms with Crippen molar-refractivity contribution < 1.29 is 28.5 Å². The Balaban J connectivity index is 3.06. The molecule has 0 rings (SSSR count). The SMILES string of the molecule is CCCCCCOCCOCCOCCOCCCC(=O)OC(C)C. The van der Waals surface area contributed by atoms with Crippen molar-refractivity contribution in [2.75, 3.05) is 52.9 Å². The van der Waals surface area contributed by atoms with Crippen molar-refractivity contribution in [2.45, 2.75) is 65.4 Å². The molecule has 0 aliphatic heterocycles. The lowest BCUT2D eigenvalue weighted by Crippen LogP contribution is -2.13. The van der Waals surface area contributed by atoms with Gasteiger partial charge in [0.15, 0.2) is 0 Å². The number of hydrogen-bond donors (Lipinski definition) is 0. The second kappa shape index (κ2) is 19.6. The van der Waals surface area contributed by atoms with Crippen LogP contribution in [0.4, 0.5) is 0 Å². The highest BCUT2D eigenvalue weighted by Gasteiger charge is 2.04. The average molecular weight is 363 g/mol. The Hall–Kier alpha value is -0.690. The van der Waals surface area contributed by atoms with Crippen molar-refractivity contribution in [3.05, 3.63) is 0 Å². The zero-order valence-corrected chi connectivity index (χ0v) is 16.4. The van der Waals surface area contributed by atoms with E-state index in [0.717, 1.165) is 13.0 Å². The summed E-state index contributed by atoms with van der Waals surface area (Å²) < 4.78 is 26.7. The molecule has 0 fully saturated rings. The summed E-state index contributed by atoms with van der Waals surface area (Å²) in [7, 11) is 0. The summed E-state index contributed by atoms with van der Waals surface area (Å²) >= 11 is 0. The Bertz CT molecular complexity index is 283. The Morgan fingerprint density at radius 2 is 1.16 bits per heavy atom. The fourth-order valence-corrected chi connectivity index (χ4v) is 2.03. The van der Waals surface area contributed by atoms with Crippen molar-refractivity contribution in [3.63, 3.8) is 0 Å². The standard InChI is InChI=1S/C19H38O6/c1-4-5-6-7-10-21-12-14-23-16-17-24-15-13-22-11-8-9-19(20)25-18(2)3/h18H,4-17H2,1-3H3. The van der Waals surface area contributed by atoms with Gasteiger partial charge in [-0.2, -0.15) is 0 Å². The van der Waals surface area contributed by atoms with Crippen molar-refractivity contribution >= 4 is 5.97 Å². The fourth-order valence-electron chi connectivity index (χ4n) is 2.03. The van der Waals surface area contributed by atoms with E-state index in [9.17, 15) is 4.79 Å². The number of hydrogen-bond acceptors (Lipinski definition) is 6. The number of rotatable bonds is 19. The first-order valence-corrected chi connectivity index (χ1v) is 9.67. The van der Waals surface area contributed by atoms with Crippen LogP contribution in [0.1, 0.15) is 59.3 Å². The molecule has 0 unspecified atom stereocenters. The monoisotopic (exact) mass is 362 g/mol. The number of ether oxygens (including phenoxy) is 5. The van der Waals surface area contributed by atoms with Crippen LogP contribution < -0.4 is 0 Å². The van der Waals surface area contributed by atoms with Gasteiger partial charge in [0.25, 0.3) is 0 Å². The van der Waals surface area contributed by atoms with Gasteiger partial charge in [-0.25, -0.2) is 0 Å². The minimum Gasteiger partial charge on any atom is -0.463 e. The molecule has 0 atom stereocenters. The van der Waals surface area contributed by atoms with Gasteiger partial charge in [-0.05, 0) is 26.7 Å². The molecule has 0 N–H and O–H groups in total. The summed E-state index contributed by atoms with van der Waals surface area (Å²) in [5, 5.41) is 0. The largest absolute Gasteiger partial charge is 0.463 e. The third-order valence-corrected chi connectivity index (χ3v) is 3.29. The van der Waals surface area contributed by atoms with E-state index in [1.54, 1.807) is 0 Å². The molecule has 0 aromatic carbocycles. The summed E-state index contributed by atoms with van der Waals surface area (Å²) in [6, 6.07) is 0. The van der Waals surface area contributed by atoms with Crippen LogP contribution >= 0.6 is 0 Å². The quantitative estimate of drug-likeness (QED) is 0.259. The first kappa shape index (κ1) is 24.3. The molecule has 0 heterocycles. The molecule has 0 aromatic rings. The van der Waals surface area contributed by atoms with Crippen LogP contribution in [0.3, 0.4) is 0 Å². The van der Waals surface area contributed by atoms with Crippen LogP contribution in [-0.2, 0) is 28.5 Å². The smallest absolute Gasteiger partial charge is 0.306 e. The summed E-state index contributed by atoms with van der Waals surface area (Å²) in [5.41, 5.74) is 0. The Kier molecular flexibility index (Phi) is 19.1. The lowest BCUT2D eigenvalue weighted by Gasteiger charge is -2.08. The van der Waals surface area contributed by atoms with E-state index < -0.39 is 0 Å². The first-order chi connectivity index (χ1) is 12.2. The molecule has 0 bridgehead atoms. The lowest BCUT2D eigenvalue weighted by atomic mass is 10.2. The topological polar surface area (TPSA) is 63.2 Å². The maximum Gasteiger partial charge on any atom is 0.306 e. The van der Waals surface area contributed by atoms with Crippen LogP contribution in [0.15, 0.2) is 0 Å². The van der Waals surface area contributed by atoms with Gasteiger partial charge < -0.3 is 23.7 Å². The van der Waals surface area contributed by atoms with Crippen LogP contribution in [0, 0.1) is 0 Å². The van der Waals surface area contributed by atoms with Gasteiger partial charge in [-0.3, -0.25) is 4.79 Å². The normalized spacial score (nSPS) is 11.2. The number of carbonyl (C=O) groups is 1. The molecule has 0 saturated carbocycles. The van der Waals surface area contributed by atoms with Crippen LogP contribution in [-0.4, -0.2) is 64.9 Å². The van der Waals surface area contributed by atoms with Gasteiger partial charge in [0, 0.05) is 19.6 Å². The predicted octanol–water partition coefficient (Wildman–Crippen LogP) is 3.36. The summed E-state index contributed by atoms with van der Waals surface area (Å²) in [6.45, 7) is 10.7.